The summed E-state index contributed by atoms with van der Waals surface area (Å²) in [5, 5.41) is 3.03. The molecule has 0 aromatic rings. The number of allylic oxidation sites excluding steroid dienone is 11. The van der Waals surface area contributed by atoms with Gasteiger partial charge in [0, 0.05) is 12.8 Å². The van der Waals surface area contributed by atoms with Crippen LogP contribution in [0.5, 0.6) is 0 Å². The number of amides is 1. The van der Waals surface area contributed by atoms with Gasteiger partial charge >= 0.3 is 5.97 Å². The monoisotopic (exact) mass is 1110 g/mol. The smallest absolute Gasteiger partial charge is 0.306 e. The number of nitrogens with one attached hydrogen (secondary N) is 1. The second-order valence-electron chi connectivity index (χ2n) is 23.2. The number of unbranched alkanes of at least 4 members (excludes halogenated alkanes) is 33. The summed E-state index contributed by atoms with van der Waals surface area (Å²) < 4.78 is 30.4. The van der Waals surface area contributed by atoms with Crippen LogP contribution < -0.4 is 10.2 Å². The Labute approximate surface area is 483 Å². The Balaban J connectivity index is 5.19. The Morgan fingerprint density at radius 1 is 0.462 bits per heavy atom. The topological polar surface area (TPSA) is 114 Å². The van der Waals surface area contributed by atoms with Crippen LogP contribution in [0.25, 0.3) is 0 Å². The van der Waals surface area contributed by atoms with Gasteiger partial charge in [0.1, 0.15) is 19.3 Å². The van der Waals surface area contributed by atoms with E-state index < -0.39 is 26.6 Å². The summed E-state index contributed by atoms with van der Waals surface area (Å²) in [6.45, 7) is 6.75. The van der Waals surface area contributed by atoms with Crippen LogP contribution >= 0.6 is 7.82 Å². The molecule has 9 nitrogen and oxygen atoms in total. The zero-order chi connectivity index (χ0) is 57.2. The van der Waals surface area contributed by atoms with Crippen molar-refractivity contribution < 1.29 is 37.3 Å². The molecule has 1 N–H and O–H groups in total. The number of hydrogen-bond donors (Lipinski definition) is 1. The van der Waals surface area contributed by atoms with E-state index >= 15 is 0 Å². The van der Waals surface area contributed by atoms with E-state index in [0.29, 0.717) is 17.4 Å². The van der Waals surface area contributed by atoms with Crippen LogP contribution in [0.15, 0.2) is 72.9 Å². The first-order chi connectivity index (χ1) is 37.9. The maximum Gasteiger partial charge on any atom is 0.306 e. The minimum Gasteiger partial charge on any atom is -0.756 e. The van der Waals surface area contributed by atoms with Crippen LogP contribution in [0, 0.1) is 0 Å². The average molecular weight is 1110 g/mol. The number of phosphoric ester groups is 1. The van der Waals surface area contributed by atoms with Crippen molar-refractivity contribution in [3.05, 3.63) is 72.9 Å². The normalized spacial score (nSPS) is 14.1. The number of quaternary nitrogens is 1. The van der Waals surface area contributed by atoms with Gasteiger partial charge in [-0.05, 0) is 76.7 Å². The van der Waals surface area contributed by atoms with E-state index in [4.69, 9.17) is 13.8 Å². The quantitative estimate of drug-likeness (QED) is 0.0212. The summed E-state index contributed by atoms with van der Waals surface area (Å²) in [4.78, 5) is 40.1. The predicted molar refractivity (Wildman–Crippen MR) is 335 cm³/mol. The molecule has 0 heterocycles. The van der Waals surface area contributed by atoms with E-state index in [1.54, 1.807) is 0 Å². The van der Waals surface area contributed by atoms with Gasteiger partial charge < -0.3 is 28.5 Å². The van der Waals surface area contributed by atoms with E-state index in [0.717, 1.165) is 103 Å². The van der Waals surface area contributed by atoms with Gasteiger partial charge in [-0.3, -0.25) is 14.2 Å². The summed E-state index contributed by atoms with van der Waals surface area (Å²) in [5.74, 6) is -0.546. The lowest BCUT2D eigenvalue weighted by molar-refractivity contribution is -0.870. The number of nitrogens with zero attached hydrogens (tertiary/aromatic N) is 1. The number of hydrogen-bond acceptors (Lipinski definition) is 7. The standard InChI is InChI=1S/C68H125N2O7P/c1-7-10-13-16-19-22-25-28-30-32-33-34-35-36-37-39-41-43-46-49-52-55-58-61-68(72)77-66(59-56-53-50-47-44-27-24-21-18-15-12-9-3)65(64-76-78(73,74)75-63-62-70(4,5)6)69-67(71)60-57-54-51-48-45-42-40-38-31-29-26-23-20-17-14-11-8-2/h10,13,19,22,28,30,33-34,36-37,56,59,65-66H,7-9,11-12,14-18,20-21,23-27,29,31-32,35,38-55,57-58,60-64H2,1-6H3,(H-,69,71,73,74)/b13-10-,22-19-,30-28-,34-33-,37-36-,59-56+. The highest BCUT2D eigenvalue weighted by Crippen LogP contribution is 2.38. The van der Waals surface area contributed by atoms with Crippen molar-refractivity contribution in [2.75, 3.05) is 40.9 Å². The molecule has 454 valence electrons. The van der Waals surface area contributed by atoms with Gasteiger partial charge in [0.05, 0.1) is 33.8 Å². The van der Waals surface area contributed by atoms with Crippen LogP contribution in [-0.2, 0) is 27.9 Å². The number of rotatable bonds is 59. The maximum absolute atomic E-state index is 13.5. The molecule has 0 bridgehead atoms. The SMILES string of the molecule is CC/C=C\C/C=C\C/C=C\C/C=C\C/C=C\CCCCCCCCCC(=O)OC(/C=C/CCCCCCCCCCCC)C(COP(=O)([O-])OCC[N+](C)(C)C)NC(=O)CCCCCCCCCCCCCCCCCCC. The molecule has 0 spiro atoms. The molecule has 0 saturated carbocycles. The van der Waals surface area contributed by atoms with Gasteiger partial charge in [-0.2, -0.15) is 0 Å². The molecular weight excluding hydrogens is 988 g/mol. The number of likely N-dealkylation sites (N-methyl/N-ethyl adjacent to an activating group) is 1. The fraction of sp³-hybridized carbons (Fsp3) is 0.794. The van der Waals surface area contributed by atoms with Crippen molar-refractivity contribution in [1.82, 2.24) is 5.32 Å². The highest BCUT2D eigenvalue weighted by Gasteiger charge is 2.27. The Morgan fingerprint density at radius 3 is 1.23 bits per heavy atom. The number of esters is 1. The van der Waals surface area contributed by atoms with E-state index in [2.05, 4.69) is 86.8 Å². The summed E-state index contributed by atoms with van der Waals surface area (Å²) in [7, 11) is 1.18. The molecule has 0 aliphatic carbocycles. The summed E-state index contributed by atoms with van der Waals surface area (Å²) in [6, 6.07) is -0.893. The summed E-state index contributed by atoms with van der Waals surface area (Å²) in [6.07, 6.45) is 74.4. The van der Waals surface area contributed by atoms with Crippen molar-refractivity contribution in [3.8, 4) is 0 Å². The van der Waals surface area contributed by atoms with Crippen molar-refractivity contribution >= 4 is 19.7 Å². The Bertz CT molecular complexity index is 1570. The largest absolute Gasteiger partial charge is 0.756 e. The number of carbonyl (C=O) groups is 2. The molecular formula is C68H125N2O7P. The first-order valence-electron chi connectivity index (χ1n) is 32.7. The van der Waals surface area contributed by atoms with Crippen LogP contribution in [0.4, 0.5) is 0 Å². The van der Waals surface area contributed by atoms with E-state index in [-0.39, 0.29) is 24.9 Å². The zero-order valence-electron chi connectivity index (χ0n) is 51.9. The number of carbonyl (C=O) groups excluding carboxylic acids is 2. The molecule has 0 rings (SSSR count). The average Bonchev–Trinajstić information content (AvgIpc) is 3.40. The molecule has 0 fully saturated rings. The lowest BCUT2D eigenvalue weighted by Crippen LogP contribution is -2.47. The van der Waals surface area contributed by atoms with Gasteiger partial charge in [-0.15, -0.1) is 0 Å². The third-order valence-electron chi connectivity index (χ3n) is 14.4. The lowest BCUT2D eigenvalue weighted by atomic mass is 10.0. The summed E-state index contributed by atoms with van der Waals surface area (Å²) in [5.41, 5.74) is 0. The van der Waals surface area contributed by atoms with Crippen LogP contribution in [0.3, 0.4) is 0 Å². The molecule has 0 aromatic heterocycles. The molecule has 0 radical (unpaired) electrons. The Hall–Kier alpha value is -2.55. The third kappa shape index (κ3) is 58.1. The highest BCUT2D eigenvalue weighted by atomic mass is 31.2. The molecule has 10 heteroatoms. The van der Waals surface area contributed by atoms with Gasteiger partial charge in [-0.25, -0.2) is 0 Å². The molecule has 78 heavy (non-hydrogen) atoms. The first kappa shape index (κ1) is 75.5. The van der Waals surface area contributed by atoms with Crippen molar-refractivity contribution in [1.29, 1.82) is 0 Å². The molecule has 0 saturated heterocycles. The van der Waals surface area contributed by atoms with Crippen LogP contribution in [0.1, 0.15) is 297 Å². The van der Waals surface area contributed by atoms with E-state index in [1.807, 2.05) is 33.3 Å². The Morgan fingerprint density at radius 2 is 0.821 bits per heavy atom. The van der Waals surface area contributed by atoms with Gasteiger partial charge in [0.2, 0.25) is 5.91 Å². The third-order valence-corrected chi connectivity index (χ3v) is 15.4. The number of phosphoric acid groups is 1. The zero-order valence-corrected chi connectivity index (χ0v) is 52.8. The Kier molecular flexibility index (Phi) is 55.8. The van der Waals surface area contributed by atoms with E-state index in [1.165, 1.54) is 161 Å². The van der Waals surface area contributed by atoms with Crippen molar-refractivity contribution in [2.24, 2.45) is 0 Å². The van der Waals surface area contributed by atoms with Crippen LogP contribution in [-0.4, -0.2) is 69.4 Å². The minimum atomic E-state index is -4.70. The maximum atomic E-state index is 13.5. The highest BCUT2D eigenvalue weighted by molar-refractivity contribution is 7.45. The summed E-state index contributed by atoms with van der Waals surface area (Å²) >= 11 is 0. The van der Waals surface area contributed by atoms with Crippen molar-refractivity contribution in [3.63, 3.8) is 0 Å². The molecule has 3 atom stereocenters. The lowest BCUT2D eigenvalue weighted by Gasteiger charge is -2.30. The van der Waals surface area contributed by atoms with Crippen molar-refractivity contribution in [2.45, 2.75) is 309 Å². The molecule has 1 amide bonds. The molecule has 0 aliphatic heterocycles. The molecule has 0 aliphatic rings. The van der Waals surface area contributed by atoms with Crippen LogP contribution in [0.2, 0.25) is 0 Å². The predicted octanol–water partition coefficient (Wildman–Crippen LogP) is 19.8. The van der Waals surface area contributed by atoms with E-state index in [9.17, 15) is 19.0 Å². The molecule has 3 unspecified atom stereocenters. The van der Waals surface area contributed by atoms with Gasteiger partial charge in [0.15, 0.2) is 0 Å². The van der Waals surface area contributed by atoms with Gasteiger partial charge in [-0.1, -0.05) is 280 Å². The minimum absolute atomic E-state index is 0.0249. The van der Waals surface area contributed by atoms with Gasteiger partial charge in [0.25, 0.3) is 7.82 Å². The molecule has 0 aromatic carbocycles. The number of ether oxygens (including phenoxy) is 1. The second-order valence-corrected chi connectivity index (χ2v) is 24.7. The fourth-order valence-electron chi connectivity index (χ4n) is 9.37. The fourth-order valence-corrected chi connectivity index (χ4v) is 10.1. The first-order valence-corrected chi connectivity index (χ1v) is 34.2. The second kappa shape index (κ2) is 57.7.